The van der Waals surface area contributed by atoms with Gasteiger partial charge in [-0.15, -0.1) is 0 Å². The first-order valence-corrected chi connectivity index (χ1v) is 4.32. The topological polar surface area (TPSA) is 77.8 Å². The van der Waals surface area contributed by atoms with Gasteiger partial charge in [0.2, 0.25) is 0 Å². The molecular formula is C8H6BrFO4. The summed E-state index contributed by atoms with van der Waals surface area (Å²) >= 11 is 2.80. The first kappa shape index (κ1) is 10.9. The van der Waals surface area contributed by atoms with Gasteiger partial charge in [-0.1, -0.05) is 6.07 Å². The van der Waals surface area contributed by atoms with Gasteiger partial charge in [0.25, 0.3) is 0 Å². The van der Waals surface area contributed by atoms with Crippen molar-refractivity contribution in [3.8, 4) is 5.75 Å². The standard InChI is InChI=1S/C8H6BrFO4/c9-4-2-1-3(6(11)5(4)10)7(12)8(13)14/h1-2,7,11-12H,(H,13,14). The number of phenolic OH excluding ortho intramolecular Hbond substituents is 1. The minimum Gasteiger partial charge on any atom is -0.505 e. The maximum Gasteiger partial charge on any atom is 0.337 e. The lowest BCUT2D eigenvalue weighted by molar-refractivity contribution is -0.147. The van der Waals surface area contributed by atoms with Crippen LogP contribution in [0.15, 0.2) is 16.6 Å². The molecule has 3 N–H and O–H groups in total. The molecule has 1 atom stereocenters. The molecule has 14 heavy (non-hydrogen) atoms. The predicted molar refractivity (Wildman–Crippen MR) is 48.4 cm³/mol. The Morgan fingerprint density at radius 1 is 1.50 bits per heavy atom. The van der Waals surface area contributed by atoms with E-state index in [1.807, 2.05) is 0 Å². The van der Waals surface area contributed by atoms with Gasteiger partial charge in [0.05, 0.1) is 4.47 Å². The highest BCUT2D eigenvalue weighted by Crippen LogP contribution is 2.31. The monoisotopic (exact) mass is 264 g/mol. The van der Waals surface area contributed by atoms with Crippen LogP contribution in [-0.2, 0) is 4.79 Å². The summed E-state index contributed by atoms with van der Waals surface area (Å²) in [6.45, 7) is 0. The zero-order valence-corrected chi connectivity index (χ0v) is 8.32. The van der Waals surface area contributed by atoms with Crippen LogP contribution in [0, 0.1) is 5.82 Å². The van der Waals surface area contributed by atoms with E-state index in [1.165, 1.54) is 6.07 Å². The average molecular weight is 265 g/mol. The number of carbonyl (C=O) groups is 1. The van der Waals surface area contributed by atoms with Gasteiger partial charge < -0.3 is 15.3 Å². The zero-order valence-electron chi connectivity index (χ0n) is 6.74. The van der Waals surface area contributed by atoms with Crippen LogP contribution in [0.4, 0.5) is 4.39 Å². The fourth-order valence-corrected chi connectivity index (χ4v) is 1.23. The quantitative estimate of drug-likeness (QED) is 0.755. The SMILES string of the molecule is O=C(O)C(O)c1ccc(Br)c(F)c1O. The third-order valence-corrected chi connectivity index (χ3v) is 2.24. The molecule has 0 fully saturated rings. The van der Waals surface area contributed by atoms with E-state index in [4.69, 9.17) is 15.3 Å². The van der Waals surface area contributed by atoms with Crippen LogP contribution in [0.1, 0.15) is 11.7 Å². The van der Waals surface area contributed by atoms with Gasteiger partial charge in [0.15, 0.2) is 17.7 Å². The van der Waals surface area contributed by atoms with Crippen molar-refractivity contribution in [1.29, 1.82) is 0 Å². The van der Waals surface area contributed by atoms with E-state index in [0.29, 0.717) is 0 Å². The lowest BCUT2D eigenvalue weighted by atomic mass is 10.1. The maximum atomic E-state index is 13.0. The van der Waals surface area contributed by atoms with Crippen LogP contribution < -0.4 is 0 Å². The third kappa shape index (κ3) is 1.85. The van der Waals surface area contributed by atoms with Crippen LogP contribution in [0.25, 0.3) is 0 Å². The number of hydrogen-bond donors (Lipinski definition) is 3. The number of hydrogen-bond acceptors (Lipinski definition) is 3. The molecule has 0 heterocycles. The molecule has 0 aliphatic heterocycles. The van der Waals surface area contributed by atoms with Crippen molar-refractivity contribution in [2.75, 3.05) is 0 Å². The van der Waals surface area contributed by atoms with Crippen LogP contribution in [0.3, 0.4) is 0 Å². The van der Waals surface area contributed by atoms with E-state index in [1.54, 1.807) is 0 Å². The smallest absolute Gasteiger partial charge is 0.337 e. The lowest BCUT2D eigenvalue weighted by Crippen LogP contribution is -2.11. The van der Waals surface area contributed by atoms with Gasteiger partial charge >= 0.3 is 5.97 Å². The molecule has 4 nitrogen and oxygen atoms in total. The molecule has 1 aromatic carbocycles. The molecule has 0 bridgehead atoms. The van der Waals surface area contributed by atoms with E-state index in [9.17, 15) is 9.18 Å². The van der Waals surface area contributed by atoms with Gasteiger partial charge in [-0.2, -0.15) is 0 Å². The number of aliphatic hydroxyl groups excluding tert-OH is 1. The molecule has 1 unspecified atom stereocenters. The summed E-state index contributed by atoms with van der Waals surface area (Å²) in [7, 11) is 0. The number of carboxylic acids is 1. The molecule has 0 radical (unpaired) electrons. The summed E-state index contributed by atoms with van der Waals surface area (Å²) < 4.78 is 13.0. The van der Waals surface area contributed by atoms with Gasteiger partial charge in [0.1, 0.15) is 0 Å². The molecule has 0 amide bonds. The largest absolute Gasteiger partial charge is 0.505 e. The first-order chi connectivity index (χ1) is 6.45. The Bertz CT molecular complexity index is 380. The van der Waals surface area contributed by atoms with Gasteiger partial charge in [-0.25, -0.2) is 9.18 Å². The highest BCUT2D eigenvalue weighted by atomic mass is 79.9. The summed E-state index contributed by atoms with van der Waals surface area (Å²) in [5.74, 6) is -3.42. The van der Waals surface area contributed by atoms with Crippen LogP contribution in [-0.4, -0.2) is 21.3 Å². The molecule has 0 aliphatic carbocycles. The summed E-state index contributed by atoms with van der Waals surface area (Å²) in [5, 5.41) is 26.6. The van der Waals surface area contributed by atoms with Crippen LogP contribution in [0.2, 0.25) is 0 Å². The number of aromatic hydroxyl groups is 1. The Morgan fingerprint density at radius 2 is 2.07 bits per heavy atom. The molecule has 0 saturated heterocycles. The predicted octanol–water partition coefficient (Wildman–Crippen LogP) is 1.41. The van der Waals surface area contributed by atoms with E-state index < -0.39 is 23.6 Å². The summed E-state index contributed by atoms with van der Waals surface area (Å²) in [4.78, 5) is 10.4. The Labute approximate surface area is 86.7 Å². The number of phenols is 1. The first-order valence-electron chi connectivity index (χ1n) is 3.53. The Morgan fingerprint density at radius 3 is 2.57 bits per heavy atom. The summed E-state index contributed by atoms with van der Waals surface area (Å²) in [5.41, 5.74) is -0.377. The second-order valence-corrected chi connectivity index (χ2v) is 3.39. The molecule has 76 valence electrons. The molecule has 6 heteroatoms. The molecule has 0 spiro atoms. The maximum absolute atomic E-state index is 13.0. The number of carboxylic acid groups (broad SMARTS) is 1. The second-order valence-electron chi connectivity index (χ2n) is 2.54. The van der Waals surface area contributed by atoms with Crippen molar-refractivity contribution in [1.82, 2.24) is 0 Å². The minimum absolute atomic E-state index is 0.00339. The Balaban J connectivity index is 3.24. The van der Waals surface area contributed by atoms with Crippen molar-refractivity contribution < 1.29 is 24.5 Å². The van der Waals surface area contributed by atoms with Crippen LogP contribution >= 0.6 is 15.9 Å². The van der Waals surface area contributed by atoms with E-state index in [2.05, 4.69) is 15.9 Å². The normalized spacial score (nSPS) is 12.5. The summed E-state index contributed by atoms with van der Waals surface area (Å²) in [6, 6.07) is 2.33. The van der Waals surface area contributed by atoms with Crippen molar-refractivity contribution in [3.63, 3.8) is 0 Å². The highest BCUT2D eigenvalue weighted by Gasteiger charge is 2.22. The van der Waals surface area contributed by atoms with Gasteiger partial charge in [-0.3, -0.25) is 0 Å². The fourth-order valence-electron chi connectivity index (χ4n) is 0.909. The minimum atomic E-state index is -1.93. The summed E-state index contributed by atoms with van der Waals surface area (Å²) in [6.07, 6.45) is -1.93. The molecule has 0 aromatic heterocycles. The molecule has 0 saturated carbocycles. The van der Waals surface area contributed by atoms with Crippen molar-refractivity contribution in [3.05, 3.63) is 28.0 Å². The number of rotatable bonds is 2. The number of aliphatic carboxylic acids is 1. The Kier molecular flexibility index (Phi) is 3.07. The van der Waals surface area contributed by atoms with E-state index in [0.717, 1.165) is 6.07 Å². The van der Waals surface area contributed by atoms with Crippen molar-refractivity contribution in [2.24, 2.45) is 0 Å². The Hall–Kier alpha value is -1.14. The zero-order chi connectivity index (χ0) is 10.9. The number of benzene rings is 1. The van der Waals surface area contributed by atoms with Crippen molar-refractivity contribution in [2.45, 2.75) is 6.10 Å². The lowest BCUT2D eigenvalue weighted by Gasteiger charge is -2.09. The van der Waals surface area contributed by atoms with E-state index in [-0.39, 0.29) is 10.0 Å². The van der Waals surface area contributed by atoms with Crippen molar-refractivity contribution >= 4 is 21.9 Å². The highest BCUT2D eigenvalue weighted by molar-refractivity contribution is 9.10. The molecule has 0 aliphatic rings. The number of aliphatic hydroxyl groups is 1. The van der Waals surface area contributed by atoms with E-state index >= 15 is 0 Å². The average Bonchev–Trinajstić information content (AvgIpc) is 2.13. The molecule has 1 rings (SSSR count). The second kappa shape index (κ2) is 3.93. The van der Waals surface area contributed by atoms with Gasteiger partial charge in [-0.05, 0) is 22.0 Å². The third-order valence-electron chi connectivity index (χ3n) is 1.63. The number of halogens is 2. The fraction of sp³-hybridized carbons (Fsp3) is 0.125. The molecule has 1 aromatic rings. The van der Waals surface area contributed by atoms with Crippen LogP contribution in [0.5, 0.6) is 5.75 Å². The van der Waals surface area contributed by atoms with Gasteiger partial charge in [0, 0.05) is 5.56 Å². The molecular weight excluding hydrogens is 259 g/mol.